The van der Waals surface area contributed by atoms with Crippen LogP contribution in [0.1, 0.15) is 110 Å². The van der Waals surface area contributed by atoms with E-state index in [0.29, 0.717) is 48.3 Å². The van der Waals surface area contributed by atoms with Crippen molar-refractivity contribution in [3.8, 4) is 0 Å². The zero-order chi connectivity index (χ0) is 27.3. The van der Waals surface area contributed by atoms with Gasteiger partial charge in [-0.05, 0) is 128 Å². The Labute approximate surface area is 245 Å². The molecular formula is C34H62N6. The number of hydrogen-bond acceptors (Lipinski definition) is 6. The van der Waals surface area contributed by atoms with Gasteiger partial charge in [-0.2, -0.15) is 0 Å². The first kappa shape index (κ1) is 29.6. The minimum absolute atomic E-state index is 0.625. The van der Waals surface area contributed by atoms with Crippen LogP contribution in [0, 0.1) is 17.8 Å². The van der Waals surface area contributed by atoms with Gasteiger partial charge in [-0.3, -0.25) is 0 Å². The predicted octanol–water partition coefficient (Wildman–Crippen LogP) is 4.22. The lowest BCUT2D eigenvalue weighted by Crippen LogP contribution is -2.61. The Bertz CT molecular complexity index is 792. The molecule has 5 fully saturated rings. The fourth-order valence-electron chi connectivity index (χ4n) is 9.24. The smallest absolute Gasteiger partial charge is 0.0258 e. The van der Waals surface area contributed by atoms with Crippen LogP contribution in [0.25, 0.3) is 0 Å². The van der Waals surface area contributed by atoms with E-state index in [9.17, 15) is 0 Å². The maximum absolute atomic E-state index is 4.12. The van der Waals surface area contributed by atoms with E-state index in [1.807, 2.05) is 0 Å². The minimum atomic E-state index is 0.625. The van der Waals surface area contributed by atoms with E-state index >= 15 is 0 Å². The van der Waals surface area contributed by atoms with Gasteiger partial charge in [0.25, 0.3) is 0 Å². The molecule has 6 N–H and O–H groups in total. The fraction of sp³-hybridized carbons (Fsp3) is 0.941. The van der Waals surface area contributed by atoms with Crippen LogP contribution in [0.3, 0.4) is 0 Å². The average Bonchev–Trinajstić information content (AvgIpc) is 3.01. The Balaban J connectivity index is 0.867. The third-order valence-corrected chi connectivity index (χ3v) is 12.0. The predicted molar refractivity (Wildman–Crippen MR) is 168 cm³/mol. The molecule has 228 valence electrons. The Kier molecular flexibility index (Phi) is 10.6. The van der Waals surface area contributed by atoms with Crippen molar-refractivity contribution in [1.82, 2.24) is 31.9 Å². The SMILES string of the molecule is CC1=CCC(C2CCCC(C3CCC(CCC4CCC(C5CCCC(C6CCC(C)CN6)N5)NC4)CN3)N2)NC1. The van der Waals surface area contributed by atoms with Crippen LogP contribution in [0.4, 0.5) is 0 Å². The second-order valence-corrected chi connectivity index (χ2v) is 15.1. The van der Waals surface area contributed by atoms with Gasteiger partial charge in [0.2, 0.25) is 0 Å². The molecule has 0 spiro atoms. The Morgan fingerprint density at radius 3 is 1.48 bits per heavy atom. The molecule has 0 aliphatic carbocycles. The average molecular weight is 555 g/mol. The summed E-state index contributed by atoms with van der Waals surface area (Å²) in [6.45, 7) is 9.41. The number of hydrogen-bond donors (Lipinski definition) is 6. The van der Waals surface area contributed by atoms with E-state index in [2.05, 4.69) is 51.8 Å². The zero-order valence-corrected chi connectivity index (χ0v) is 25.9. The van der Waals surface area contributed by atoms with Crippen molar-refractivity contribution < 1.29 is 0 Å². The van der Waals surface area contributed by atoms with Crippen molar-refractivity contribution in [2.24, 2.45) is 17.8 Å². The first-order chi connectivity index (χ1) is 19.6. The van der Waals surface area contributed by atoms with Gasteiger partial charge in [-0.25, -0.2) is 0 Å². The van der Waals surface area contributed by atoms with E-state index in [4.69, 9.17) is 0 Å². The third kappa shape index (κ3) is 7.71. The summed E-state index contributed by atoms with van der Waals surface area (Å²) < 4.78 is 0. The molecule has 5 saturated heterocycles. The van der Waals surface area contributed by atoms with Gasteiger partial charge in [0.1, 0.15) is 0 Å². The molecule has 0 radical (unpaired) electrons. The molecule has 6 aliphatic heterocycles. The molecule has 6 heterocycles. The highest BCUT2D eigenvalue weighted by Gasteiger charge is 2.36. The molecule has 6 heteroatoms. The second kappa shape index (κ2) is 14.3. The summed E-state index contributed by atoms with van der Waals surface area (Å²) in [4.78, 5) is 0. The van der Waals surface area contributed by atoms with E-state index in [-0.39, 0.29) is 0 Å². The lowest BCUT2D eigenvalue weighted by Gasteiger charge is -2.44. The highest BCUT2D eigenvalue weighted by atomic mass is 15.1. The monoisotopic (exact) mass is 555 g/mol. The molecule has 6 nitrogen and oxygen atoms in total. The number of rotatable bonds is 7. The van der Waals surface area contributed by atoms with E-state index < -0.39 is 0 Å². The standard InChI is InChI=1S/C34H62N6/c1-23-9-15-27(35-19-23)31-5-3-7-33(39-31)29-17-13-25(21-37-29)11-12-26-14-18-30(38-22-26)34-8-4-6-32(40-34)28-16-10-24(2)20-36-28/h9,24-40H,3-8,10-22H2,1-2H3. The van der Waals surface area contributed by atoms with Crippen LogP contribution in [-0.4, -0.2) is 74.5 Å². The quantitative estimate of drug-likeness (QED) is 0.265. The summed E-state index contributed by atoms with van der Waals surface area (Å²) >= 11 is 0. The van der Waals surface area contributed by atoms with E-state index in [1.54, 1.807) is 0 Å². The topological polar surface area (TPSA) is 72.2 Å². The molecule has 0 amide bonds. The van der Waals surface area contributed by atoms with Crippen molar-refractivity contribution in [1.29, 1.82) is 0 Å². The molecule has 0 aromatic rings. The van der Waals surface area contributed by atoms with E-state index in [1.165, 1.54) is 122 Å². The van der Waals surface area contributed by atoms with Crippen molar-refractivity contribution in [3.05, 3.63) is 11.6 Å². The largest absolute Gasteiger partial charge is 0.312 e. The molecule has 11 unspecified atom stereocenters. The Hall–Kier alpha value is -0.500. The fourth-order valence-corrected chi connectivity index (χ4v) is 9.24. The van der Waals surface area contributed by atoms with Crippen molar-refractivity contribution in [2.45, 2.75) is 158 Å². The highest BCUT2D eigenvalue weighted by molar-refractivity contribution is 5.09. The summed E-state index contributed by atoms with van der Waals surface area (Å²) in [6, 6.07) is 5.37. The van der Waals surface area contributed by atoms with Crippen molar-refractivity contribution >= 4 is 0 Å². The number of piperidine rings is 5. The van der Waals surface area contributed by atoms with Gasteiger partial charge in [0, 0.05) is 54.9 Å². The first-order valence-electron chi connectivity index (χ1n) is 17.7. The molecule has 11 atom stereocenters. The third-order valence-electron chi connectivity index (χ3n) is 12.0. The molecule has 0 aromatic heterocycles. The van der Waals surface area contributed by atoms with Crippen molar-refractivity contribution in [2.75, 3.05) is 26.2 Å². The van der Waals surface area contributed by atoms with Crippen LogP contribution in [0.5, 0.6) is 0 Å². The van der Waals surface area contributed by atoms with Crippen LogP contribution >= 0.6 is 0 Å². The molecule has 6 aliphatic rings. The van der Waals surface area contributed by atoms with Crippen molar-refractivity contribution in [3.63, 3.8) is 0 Å². The van der Waals surface area contributed by atoms with Gasteiger partial charge >= 0.3 is 0 Å². The highest BCUT2D eigenvalue weighted by Crippen LogP contribution is 2.30. The Morgan fingerprint density at radius 2 is 1.05 bits per heavy atom. The lowest BCUT2D eigenvalue weighted by molar-refractivity contribution is 0.165. The normalized spacial score (nSPS) is 45.5. The van der Waals surface area contributed by atoms with Gasteiger partial charge < -0.3 is 31.9 Å². The maximum Gasteiger partial charge on any atom is 0.0258 e. The van der Waals surface area contributed by atoms with Gasteiger partial charge in [-0.1, -0.05) is 31.4 Å². The first-order valence-corrected chi connectivity index (χ1v) is 17.7. The lowest BCUT2D eigenvalue weighted by atomic mass is 9.80. The molecule has 0 saturated carbocycles. The van der Waals surface area contributed by atoms with E-state index in [0.717, 1.165) is 24.3 Å². The van der Waals surface area contributed by atoms with Gasteiger partial charge in [-0.15, -0.1) is 0 Å². The molecule has 40 heavy (non-hydrogen) atoms. The number of nitrogens with one attached hydrogen (secondary N) is 6. The molecule has 0 aromatic carbocycles. The van der Waals surface area contributed by atoms with Crippen LogP contribution in [-0.2, 0) is 0 Å². The molecule has 0 bridgehead atoms. The maximum atomic E-state index is 4.12. The summed E-state index contributed by atoms with van der Waals surface area (Å²) in [5.41, 5.74) is 1.50. The summed E-state index contributed by atoms with van der Waals surface area (Å²) in [5.74, 6) is 2.62. The van der Waals surface area contributed by atoms with Gasteiger partial charge in [0.05, 0.1) is 0 Å². The second-order valence-electron chi connectivity index (χ2n) is 15.1. The van der Waals surface area contributed by atoms with Gasteiger partial charge in [0.15, 0.2) is 0 Å². The van der Waals surface area contributed by atoms with Crippen LogP contribution < -0.4 is 31.9 Å². The molecular weight excluding hydrogens is 492 g/mol. The minimum Gasteiger partial charge on any atom is -0.312 e. The van der Waals surface area contributed by atoms with Crippen LogP contribution in [0.2, 0.25) is 0 Å². The molecule has 6 rings (SSSR count). The summed E-state index contributed by atoms with van der Waals surface area (Å²) in [7, 11) is 0. The summed E-state index contributed by atoms with van der Waals surface area (Å²) in [6.07, 6.45) is 23.0. The Morgan fingerprint density at radius 1 is 0.550 bits per heavy atom. The summed E-state index contributed by atoms with van der Waals surface area (Å²) in [5, 5.41) is 23.9. The van der Waals surface area contributed by atoms with Crippen LogP contribution in [0.15, 0.2) is 11.6 Å². The zero-order valence-electron chi connectivity index (χ0n) is 25.9.